The number of aromatic nitrogens is 2. The van der Waals surface area contributed by atoms with Crippen LogP contribution in [-0.2, 0) is 13.0 Å². The molecule has 0 bridgehead atoms. The molecule has 1 heterocycles. The summed E-state index contributed by atoms with van der Waals surface area (Å²) in [6, 6.07) is 8.46. The van der Waals surface area contributed by atoms with Crippen LogP contribution in [0.15, 0.2) is 36.7 Å². The fourth-order valence-corrected chi connectivity index (χ4v) is 2.14. The normalized spacial score (nSPS) is 10.7. The van der Waals surface area contributed by atoms with Gasteiger partial charge in [0.05, 0.1) is 12.7 Å². The largest absolute Gasteiger partial charge is 0.268 e. The summed E-state index contributed by atoms with van der Waals surface area (Å²) in [5.41, 5.74) is 3.98. The summed E-state index contributed by atoms with van der Waals surface area (Å²) in [7, 11) is 0. The molecule has 0 atom stereocenters. The molecule has 2 nitrogen and oxygen atoms in total. The maximum Gasteiger partial charge on any atom is 0.0662 e. The molecule has 0 spiro atoms. The molecule has 0 saturated carbocycles. The summed E-state index contributed by atoms with van der Waals surface area (Å²) in [6.07, 6.45) is 6.38. The van der Waals surface area contributed by atoms with Gasteiger partial charge in [-0.1, -0.05) is 40.2 Å². The highest BCUT2D eigenvalue weighted by atomic mass is 79.9. The van der Waals surface area contributed by atoms with Crippen molar-refractivity contribution in [2.45, 2.75) is 26.3 Å². The highest BCUT2D eigenvalue weighted by molar-refractivity contribution is 9.09. The van der Waals surface area contributed by atoms with E-state index in [2.05, 4.69) is 58.4 Å². The van der Waals surface area contributed by atoms with Crippen molar-refractivity contribution >= 4 is 15.9 Å². The average molecular weight is 293 g/mol. The summed E-state index contributed by atoms with van der Waals surface area (Å²) in [5, 5.41) is 5.46. The molecule has 0 radical (unpaired) electrons. The number of halogens is 1. The van der Waals surface area contributed by atoms with Crippen LogP contribution in [0.3, 0.4) is 0 Å². The van der Waals surface area contributed by atoms with Gasteiger partial charge in [0.25, 0.3) is 0 Å². The van der Waals surface area contributed by atoms with Crippen molar-refractivity contribution in [2.24, 2.45) is 0 Å². The first-order chi connectivity index (χ1) is 8.29. The zero-order chi connectivity index (χ0) is 12.1. The second-order valence-electron chi connectivity index (χ2n) is 4.27. The number of benzene rings is 1. The van der Waals surface area contributed by atoms with E-state index in [9.17, 15) is 0 Å². The maximum absolute atomic E-state index is 4.41. The molecule has 17 heavy (non-hydrogen) atoms. The van der Waals surface area contributed by atoms with Crippen LogP contribution in [0.4, 0.5) is 0 Å². The Hall–Kier alpha value is -1.09. The molecule has 1 aromatic heterocycles. The van der Waals surface area contributed by atoms with Gasteiger partial charge in [0.15, 0.2) is 0 Å². The first-order valence-corrected chi connectivity index (χ1v) is 7.03. The van der Waals surface area contributed by atoms with E-state index < -0.39 is 0 Å². The van der Waals surface area contributed by atoms with Gasteiger partial charge in [0.2, 0.25) is 0 Å². The zero-order valence-corrected chi connectivity index (χ0v) is 11.7. The van der Waals surface area contributed by atoms with E-state index in [1.165, 1.54) is 16.7 Å². The summed E-state index contributed by atoms with van der Waals surface area (Å²) < 4.78 is 2.02. The summed E-state index contributed by atoms with van der Waals surface area (Å²) in [5.74, 6) is 0. The Kier molecular flexibility index (Phi) is 4.37. The lowest BCUT2D eigenvalue weighted by Crippen LogP contribution is -2.01. The van der Waals surface area contributed by atoms with Gasteiger partial charge in [-0.25, -0.2) is 0 Å². The van der Waals surface area contributed by atoms with E-state index in [1.54, 1.807) is 0 Å². The standard InChI is InChI=1S/C14H17BrN2/c1-12-5-2-3-7-14(12)11-17-10-13(9-16-17)6-4-8-15/h2-3,5,7,9-10H,4,6,8,11H2,1H3. The monoisotopic (exact) mass is 292 g/mol. The predicted octanol–water partition coefficient (Wildman–Crippen LogP) is 3.57. The molecule has 0 aliphatic rings. The number of hydrogen-bond acceptors (Lipinski definition) is 1. The molecular weight excluding hydrogens is 276 g/mol. The van der Waals surface area contributed by atoms with Crippen molar-refractivity contribution in [1.29, 1.82) is 0 Å². The van der Waals surface area contributed by atoms with Crippen LogP contribution < -0.4 is 0 Å². The second-order valence-corrected chi connectivity index (χ2v) is 5.06. The molecule has 0 unspecified atom stereocenters. The van der Waals surface area contributed by atoms with Gasteiger partial charge in [-0.3, -0.25) is 4.68 Å². The average Bonchev–Trinajstić information content (AvgIpc) is 2.77. The minimum absolute atomic E-state index is 0.862. The molecule has 0 aliphatic heterocycles. The van der Waals surface area contributed by atoms with E-state index in [0.717, 1.165) is 24.7 Å². The van der Waals surface area contributed by atoms with Crippen molar-refractivity contribution in [3.63, 3.8) is 0 Å². The van der Waals surface area contributed by atoms with Crippen LogP contribution in [0.1, 0.15) is 23.1 Å². The molecule has 3 heteroatoms. The molecule has 0 N–H and O–H groups in total. The van der Waals surface area contributed by atoms with Gasteiger partial charge in [-0.2, -0.15) is 5.10 Å². The molecule has 90 valence electrons. The Morgan fingerprint density at radius 2 is 2.12 bits per heavy atom. The lowest BCUT2D eigenvalue weighted by molar-refractivity contribution is 0.683. The van der Waals surface area contributed by atoms with E-state index in [1.807, 2.05) is 10.9 Å². The first kappa shape index (κ1) is 12.4. The third-order valence-corrected chi connectivity index (χ3v) is 3.44. The number of nitrogens with zero attached hydrogens (tertiary/aromatic N) is 2. The van der Waals surface area contributed by atoms with Gasteiger partial charge < -0.3 is 0 Å². The SMILES string of the molecule is Cc1ccccc1Cn1cc(CCCBr)cn1. The number of alkyl halides is 1. The topological polar surface area (TPSA) is 17.8 Å². The van der Waals surface area contributed by atoms with Gasteiger partial charge >= 0.3 is 0 Å². The van der Waals surface area contributed by atoms with E-state index in [-0.39, 0.29) is 0 Å². The summed E-state index contributed by atoms with van der Waals surface area (Å²) in [6.45, 7) is 3.01. The van der Waals surface area contributed by atoms with Crippen LogP contribution in [0.5, 0.6) is 0 Å². The van der Waals surface area contributed by atoms with Crippen LogP contribution >= 0.6 is 15.9 Å². The van der Waals surface area contributed by atoms with E-state index in [0.29, 0.717) is 0 Å². The van der Waals surface area contributed by atoms with Crippen molar-refractivity contribution < 1.29 is 0 Å². The molecule has 2 rings (SSSR count). The minimum Gasteiger partial charge on any atom is -0.268 e. The van der Waals surface area contributed by atoms with Gasteiger partial charge in [0, 0.05) is 11.5 Å². The quantitative estimate of drug-likeness (QED) is 0.771. The molecular formula is C14H17BrN2. The number of aryl methyl sites for hydroxylation is 2. The Morgan fingerprint density at radius 1 is 1.29 bits per heavy atom. The zero-order valence-electron chi connectivity index (χ0n) is 10.1. The lowest BCUT2D eigenvalue weighted by atomic mass is 10.1. The van der Waals surface area contributed by atoms with Crippen molar-refractivity contribution in [3.05, 3.63) is 53.3 Å². The molecule has 0 fully saturated rings. The fourth-order valence-electron chi connectivity index (χ4n) is 1.85. The maximum atomic E-state index is 4.41. The molecule has 0 amide bonds. The first-order valence-electron chi connectivity index (χ1n) is 5.91. The predicted molar refractivity (Wildman–Crippen MR) is 74.6 cm³/mol. The van der Waals surface area contributed by atoms with Crippen LogP contribution in [0.25, 0.3) is 0 Å². The number of rotatable bonds is 5. The number of hydrogen-bond donors (Lipinski definition) is 0. The molecule has 0 saturated heterocycles. The highest BCUT2D eigenvalue weighted by Crippen LogP contribution is 2.10. The molecule has 2 aromatic rings. The summed E-state index contributed by atoms with van der Waals surface area (Å²) >= 11 is 3.45. The highest BCUT2D eigenvalue weighted by Gasteiger charge is 2.01. The van der Waals surface area contributed by atoms with Crippen molar-refractivity contribution in [1.82, 2.24) is 9.78 Å². The lowest BCUT2D eigenvalue weighted by Gasteiger charge is -2.05. The second kappa shape index (κ2) is 6.01. The van der Waals surface area contributed by atoms with Crippen LogP contribution in [-0.4, -0.2) is 15.1 Å². The van der Waals surface area contributed by atoms with E-state index in [4.69, 9.17) is 0 Å². The Labute approximate surface area is 111 Å². The fraction of sp³-hybridized carbons (Fsp3) is 0.357. The van der Waals surface area contributed by atoms with Gasteiger partial charge in [-0.05, 0) is 36.5 Å². The Balaban J connectivity index is 2.04. The minimum atomic E-state index is 0.862. The van der Waals surface area contributed by atoms with Crippen molar-refractivity contribution in [3.8, 4) is 0 Å². The molecule has 0 aliphatic carbocycles. The smallest absolute Gasteiger partial charge is 0.0662 e. The third-order valence-electron chi connectivity index (χ3n) is 2.88. The van der Waals surface area contributed by atoms with Crippen LogP contribution in [0.2, 0.25) is 0 Å². The Bertz CT molecular complexity index is 477. The van der Waals surface area contributed by atoms with Gasteiger partial charge in [0.1, 0.15) is 0 Å². The third kappa shape index (κ3) is 3.43. The Morgan fingerprint density at radius 3 is 2.88 bits per heavy atom. The van der Waals surface area contributed by atoms with Crippen LogP contribution in [0, 0.1) is 6.92 Å². The van der Waals surface area contributed by atoms with Gasteiger partial charge in [-0.15, -0.1) is 0 Å². The molecule has 1 aromatic carbocycles. The van der Waals surface area contributed by atoms with Crippen molar-refractivity contribution in [2.75, 3.05) is 5.33 Å². The van der Waals surface area contributed by atoms with E-state index >= 15 is 0 Å². The summed E-state index contributed by atoms with van der Waals surface area (Å²) in [4.78, 5) is 0.